The molecule has 2 heterocycles. The summed E-state index contributed by atoms with van der Waals surface area (Å²) in [6.45, 7) is 0.471. The van der Waals surface area contributed by atoms with Crippen LogP contribution in [0.4, 0.5) is 0 Å². The molecule has 0 saturated heterocycles. The van der Waals surface area contributed by atoms with E-state index in [2.05, 4.69) is 9.97 Å². The fourth-order valence-electron chi connectivity index (χ4n) is 1.89. The molecule has 0 bridgehead atoms. The summed E-state index contributed by atoms with van der Waals surface area (Å²) in [6, 6.07) is 1.89. The van der Waals surface area contributed by atoms with Crippen molar-refractivity contribution in [3.8, 4) is 0 Å². The van der Waals surface area contributed by atoms with Gasteiger partial charge in [-0.25, -0.2) is 4.98 Å². The molecule has 4 nitrogen and oxygen atoms in total. The minimum atomic E-state index is 0.471. The molecular formula is C11H13N3O. The number of hydrogen-bond acceptors (Lipinski definition) is 4. The molecule has 0 radical (unpaired) electrons. The van der Waals surface area contributed by atoms with Crippen molar-refractivity contribution in [2.45, 2.75) is 31.7 Å². The van der Waals surface area contributed by atoms with E-state index in [0.29, 0.717) is 18.1 Å². The third kappa shape index (κ3) is 1.33. The van der Waals surface area contributed by atoms with E-state index in [-0.39, 0.29) is 0 Å². The van der Waals surface area contributed by atoms with Crippen LogP contribution in [0.2, 0.25) is 0 Å². The van der Waals surface area contributed by atoms with Gasteiger partial charge in [0.25, 0.3) is 0 Å². The molecule has 78 valence electrons. The maximum atomic E-state index is 5.74. The normalized spacial score (nSPS) is 16.9. The number of rotatable bonds is 2. The Labute approximate surface area is 87.5 Å². The van der Waals surface area contributed by atoms with Crippen LogP contribution in [-0.2, 0) is 6.54 Å². The number of fused-ring (bicyclic) bond motifs is 1. The van der Waals surface area contributed by atoms with Gasteiger partial charge in [-0.3, -0.25) is 0 Å². The molecule has 2 aromatic heterocycles. The second-order valence-electron chi connectivity index (χ2n) is 4.01. The first-order valence-corrected chi connectivity index (χ1v) is 5.33. The van der Waals surface area contributed by atoms with Crippen molar-refractivity contribution in [2.75, 3.05) is 0 Å². The number of pyridine rings is 1. The van der Waals surface area contributed by atoms with Crippen LogP contribution in [0.25, 0.3) is 11.2 Å². The summed E-state index contributed by atoms with van der Waals surface area (Å²) in [6.07, 6.45) is 5.38. The molecule has 1 aliphatic carbocycles. The number of aromatic nitrogens is 2. The predicted octanol–water partition coefficient (Wildman–Crippen LogP) is 1.95. The summed E-state index contributed by atoms with van der Waals surface area (Å²) in [5.74, 6) is 1.34. The van der Waals surface area contributed by atoms with E-state index >= 15 is 0 Å². The topological polar surface area (TPSA) is 64.9 Å². The quantitative estimate of drug-likeness (QED) is 0.810. The lowest BCUT2D eigenvalue weighted by Gasteiger charge is -2.21. The maximum Gasteiger partial charge on any atom is 0.200 e. The lowest BCUT2D eigenvalue weighted by molar-refractivity contribution is 0.343. The highest BCUT2D eigenvalue weighted by Crippen LogP contribution is 2.37. The zero-order chi connectivity index (χ0) is 10.3. The molecule has 0 aromatic carbocycles. The zero-order valence-electron chi connectivity index (χ0n) is 8.44. The Morgan fingerprint density at radius 2 is 2.33 bits per heavy atom. The van der Waals surface area contributed by atoms with Gasteiger partial charge in [0, 0.05) is 24.2 Å². The van der Waals surface area contributed by atoms with E-state index in [9.17, 15) is 0 Å². The van der Waals surface area contributed by atoms with Crippen LogP contribution in [0, 0.1) is 0 Å². The maximum absolute atomic E-state index is 5.74. The van der Waals surface area contributed by atoms with Crippen LogP contribution >= 0.6 is 0 Å². The molecule has 15 heavy (non-hydrogen) atoms. The fourth-order valence-corrected chi connectivity index (χ4v) is 1.89. The van der Waals surface area contributed by atoms with Crippen LogP contribution in [-0.4, -0.2) is 9.97 Å². The standard InChI is InChI=1S/C11H13N3O/c12-6-8-4-5-13-10-9(8)15-11(14-10)7-2-1-3-7/h4-5,7H,1-3,6,12H2. The molecule has 2 N–H and O–H groups in total. The summed E-state index contributed by atoms with van der Waals surface area (Å²) in [4.78, 5) is 8.60. The monoisotopic (exact) mass is 203 g/mol. The molecule has 0 amide bonds. The molecule has 4 heteroatoms. The molecule has 0 aliphatic heterocycles. The van der Waals surface area contributed by atoms with Gasteiger partial charge in [-0.2, -0.15) is 4.98 Å². The first-order chi connectivity index (χ1) is 7.38. The number of oxazole rings is 1. The third-order valence-electron chi connectivity index (χ3n) is 3.06. The van der Waals surface area contributed by atoms with Gasteiger partial charge >= 0.3 is 0 Å². The van der Waals surface area contributed by atoms with E-state index in [4.69, 9.17) is 10.2 Å². The Morgan fingerprint density at radius 3 is 3.00 bits per heavy atom. The highest BCUT2D eigenvalue weighted by atomic mass is 16.3. The summed E-state index contributed by atoms with van der Waals surface area (Å²) in [5, 5.41) is 0. The average molecular weight is 203 g/mol. The Bertz CT molecular complexity index is 488. The van der Waals surface area contributed by atoms with Crippen molar-refractivity contribution in [3.05, 3.63) is 23.7 Å². The van der Waals surface area contributed by atoms with Crippen LogP contribution in [0.3, 0.4) is 0 Å². The van der Waals surface area contributed by atoms with Gasteiger partial charge in [-0.05, 0) is 18.9 Å². The van der Waals surface area contributed by atoms with Crippen molar-refractivity contribution >= 4 is 11.2 Å². The minimum absolute atomic E-state index is 0.471. The van der Waals surface area contributed by atoms with Crippen LogP contribution < -0.4 is 5.73 Å². The Hall–Kier alpha value is -1.42. The van der Waals surface area contributed by atoms with Crippen molar-refractivity contribution in [1.29, 1.82) is 0 Å². The predicted molar refractivity (Wildman–Crippen MR) is 56.3 cm³/mol. The molecule has 1 fully saturated rings. The van der Waals surface area contributed by atoms with Gasteiger partial charge in [-0.1, -0.05) is 6.42 Å². The van der Waals surface area contributed by atoms with Gasteiger partial charge < -0.3 is 10.2 Å². The zero-order valence-corrected chi connectivity index (χ0v) is 8.44. The van der Waals surface area contributed by atoms with Crippen LogP contribution in [0.5, 0.6) is 0 Å². The van der Waals surface area contributed by atoms with E-state index in [0.717, 1.165) is 17.0 Å². The second kappa shape index (κ2) is 3.31. The first-order valence-electron chi connectivity index (χ1n) is 5.33. The molecule has 3 rings (SSSR count). The van der Waals surface area contributed by atoms with Gasteiger partial charge in [0.05, 0.1) is 0 Å². The van der Waals surface area contributed by atoms with E-state index < -0.39 is 0 Å². The lowest BCUT2D eigenvalue weighted by atomic mass is 9.85. The van der Waals surface area contributed by atoms with Gasteiger partial charge in [0.15, 0.2) is 17.1 Å². The Morgan fingerprint density at radius 1 is 1.47 bits per heavy atom. The highest BCUT2D eigenvalue weighted by molar-refractivity contribution is 5.71. The summed E-state index contributed by atoms with van der Waals surface area (Å²) in [7, 11) is 0. The summed E-state index contributed by atoms with van der Waals surface area (Å²) >= 11 is 0. The van der Waals surface area contributed by atoms with Gasteiger partial charge in [0.1, 0.15) is 0 Å². The van der Waals surface area contributed by atoms with Gasteiger partial charge in [0.2, 0.25) is 0 Å². The van der Waals surface area contributed by atoms with Crippen molar-refractivity contribution in [3.63, 3.8) is 0 Å². The second-order valence-corrected chi connectivity index (χ2v) is 4.01. The largest absolute Gasteiger partial charge is 0.438 e. The molecule has 1 aliphatic rings. The minimum Gasteiger partial charge on any atom is -0.438 e. The van der Waals surface area contributed by atoms with Crippen LogP contribution in [0.15, 0.2) is 16.7 Å². The molecule has 0 unspecified atom stereocenters. The SMILES string of the molecule is NCc1ccnc2nc(C3CCC3)oc12. The van der Waals surface area contributed by atoms with Crippen molar-refractivity contribution in [1.82, 2.24) is 9.97 Å². The van der Waals surface area contributed by atoms with Crippen molar-refractivity contribution < 1.29 is 4.42 Å². The van der Waals surface area contributed by atoms with Crippen molar-refractivity contribution in [2.24, 2.45) is 5.73 Å². The average Bonchev–Trinajstić information content (AvgIpc) is 2.57. The molecular weight excluding hydrogens is 190 g/mol. The fraction of sp³-hybridized carbons (Fsp3) is 0.455. The van der Waals surface area contributed by atoms with E-state index in [1.807, 2.05) is 6.07 Å². The molecule has 0 spiro atoms. The molecule has 0 atom stereocenters. The number of nitrogens with two attached hydrogens (primary N) is 1. The summed E-state index contributed by atoms with van der Waals surface area (Å²) in [5.41, 5.74) is 8.08. The Balaban J connectivity index is 2.12. The molecule has 2 aromatic rings. The van der Waals surface area contributed by atoms with E-state index in [1.165, 1.54) is 19.3 Å². The summed E-state index contributed by atoms with van der Waals surface area (Å²) < 4.78 is 5.74. The van der Waals surface area contributed by atoms with E-state index in [1.54, 1.807) is 6.20 Å². The lowest BCUT2D eigenvalue weighted by Crippen LogP contribution is -2.08. The third-order valence-corrected chi connectivity index (χ3v) is 3.06. The van der Waals surface area contributed by atoms with Gasteiger partial charge in [-0.15, -0.1) is 0 Å². The number of nitrogens with zero attached hydrogens (tertiary/aromatic N) is 2. The Kier molecular flexibility index (Phi) is 1.95. The number of hydrogen-bond donors (Lipinski definition) is 1. The van der Waals surface area contributed by atoms with Crippen LogP contribution in [0.1, 0.15) is 36.6 Å². The molecule has 1 saturated carbocycles. The first kappa shape index (κ1) is 8.85. The smallest absolute Gasteiger partial charge is 0.200 e. The highest BCUT2D eigenvalue weighted by Gasteiger charge is 2.25.